The van der Waals surface area contributed by atoms with E-state index in [0.717, 1.165) is 16.5 Å². The third-order valence-corrected chi connectivity index (χ3v) is 6.51. The van der Waals surface area contributed by atoms with Crippen molar-refractivity contribution < 1.29 is 13.2 Å². The Bertz CT molecular complexity index is 1030. The maximum absolute atomic E-state index is 12.8. The Hall–Kier alpha value is -2.44. The van der Waals surface area contributed by atoms with Crippen LogP contribution in [-0.4, -0.2) is 36.9 Å². The number of hydrogen-bond donors (Lipinski definition) is 0. The summed E-state index contributed by atoms with van der Waals surface area (Å²) in [7, 11) is -3.48. The van der Waals surface area contributed by atoms with Gasteiger partial charge in [0.25, 0.3) is 0 Å². The van der Waals surface area contributed by atoms with Crippen LogP contribution in [0.1, 0.15) is 12.0 Å². The van der Waals surface area contributed by atoms with E-state index < -0.39 is 10.0 Å². The minimum atomic E-state index is -3.48. The molecule has 26 heavy (non-hydrogen) atoms. The van der Waals surface area contributed by atoms with Crippen LogP contribution in [0.3, 0.4) is 0 Å². The van der Waals surface area contributed by atoms with Crippen molar-refractivity contribution in [3.05, 3.63) is 66.2 Å². The third kappa shape index (κ3) is 3.30. The first-order valence-corrected chi connectivity index (χ1v) is 10.1. The van der Waals surface area contributed by atoms with Crippen molar-refractivity contribution >= 4 is 20.9 Å². The molecule has 0 spiro atoms. The van der Waals surface area contributed by atoms with Gasteiger partial charge in [0.1, 0.15) is 6.10 Å². The molecule has 1 aliphatic heterocycles. The standard InChI is InChI=1S/C20H20N2O3S/c1-15-6-9-18(10-7-15)26(23,24)22-13-12-17(14-22)25-20-11-8-16-4-2-3-5-19(16)21-20/h2-11,17H,12-14H2,1H3. The summed E-state index contributed by atoms with van der Waals surface area (Å²) >= 11 is 0. The molecule has 3 aromatic rings. The summed E-state index contributed by atoms with van der Waals surface area (Å²) in [5.41, 5.74) is 1.90. The molecule has 6 heteroatoms. The molecule has 0 aliphatic carbocycles. The molecular weight excluding hydrogens is 348 g/mol. The fraction of sp³-hybridized carbons (Fsp3) is 0.250. The van der Waals surface area contributed by atoms with Crippen molar-refractivity contribution in [2.75, 3.05) is 13.1 Å². The van der Waals surface area contributed by atoms with E-state index in [1.807, 2.05) is 55.5 Å². The van der Waals surface area contributed by atoms with E-state index in [4.69, 9.17) is 4.74 Å². The molecule has 0 bridgehead atoms. The fourth-order valence-corrected chi connectivity index (χ4v) is 4.64. The second kappa shape index (κ2) is 6.70. The largest absolute Gasteiger partial charge is 0.473 e. The quantitative estimate of drug-likeness (QED) is 0.708. The van der Waals surface area contributed by atoms with Crippen molar-refractivity contribution in [3.63, 3.8) is 0 Å². The SMILES string of the molecule is Cc1ccc(S(=O)(=O)N2CCC(Oc3ccc4ccccc4n3)C2)cc1. The van der Waals surface area contributed by atoms with Crippen molar-refractivity contribution in [3.8, 4) is 5.88 Å². The highest BCUT2D eigenvalue weighted by atomic mass is 32.2. The number of benzene rings is 2. The van der Waals surface area contributed by atoms with Crippen LogP contribution >= 0.6 is 0 Å². The Morgan fingerprint density at radius 1 is 1.04 bits per heavy atom. The Labute approximate surface area is 153 Å². The Kier molecular flexibility index (Phi) is 4.38. The van der Waals surface area contributed by atoms with Gasteiger partial charge in [-0.25, -0.2) is 13.4 Å². The topological polar surface area (TPSA) is 59.5 Å². The molecule has 1 aliphatic rings. The molecule has 0 amide bonds. The molecule has 5 nitrogen and oxygen atoms in total. The number of ether oxygens (including phenoxy) is 1. The van der Waals surface area contributed by atoms with Gasteiger partial charge in [-0.1, -0.05) is 35.9 Å². The van der Waals surface area contributed by atoms with Crippen LogP contribution in [-0.2, 0) is 10.0 Å². The monoisotopic (exact) mass is 368 g/mol. The van der Waals surface area contributed by atoms with Crippen LogP contribution in [0.5, 0.6) is 5.88 Å². The molecule has 4 rings (SSSR count). The number of para-hydroxylation sites is 1. The number of rotatable bonds is 4. The predicted molar refractivity (Wildman–Crippen MR) is 101 cm³/mol. The number of aryl methyl sites for hydroxylation is 1. The Morgan fingerprint density at radius 2 is 1.81 bits per heavy atom. The highest BCUT2D eigenvalue weighted by Gasteiger charge is 2.33. The van der Waals surface area contributed by atoms with Crippen molar-refractivity contribution in [2.24, 2.45) is 0 Å². The lowest BCUT2D eigenvalue weighted by atomic mass is 10.2. The first kappa shape index (κ1) is 17.0. The number of hydrogen-bond acceptors (Lipinski definition) is 4. The minimum Gasteiger partial charge on any atom is -0.473 e. The lowest BCUT2D eigenvalue weighted by Crippen LogP contribution is -2.31. The average Bonchev–Trinajstić information content (AvgIpc) is 3.11. The molecule has 1 unspecified atom stereocenters. The maximum atomic E-state index is 12.8. The summed E-state index contributed by atoms with van der Waals surface area (Å²) in [5.74, 6) is 0.531. The fourth-order valence-electron chi connectivity index (χ4n) is 3.16. The summed E-state index contributed by atoms with van der Waals surface area (Å²) in [6.07, 6.45) is 0.462. The average molecular weight is 368 g/mol. The number of aromatic nitrogens is 1. The molecule has 1 fully saturated rings. The van der Waals surface area contributed by atoms with E-state index in [2.05, 4.69) is 4.98 Å². The van der Waals surface area contributed by atoms with E-state index in [1.165, 1.54) is 4.31 Å². The van der Waals surface area contributed by atoms with Gasteiger partial charge in [-0.15, -0.1) is 0 Å². The second-order valence-corrected chi connectivity index (χ2v) is 8.48. The maximum Gasteiger partial charge on any atom is 0.243 e. The summed E-state index contributed by atoms with van der Waals surface area (Å²) in [4.78, 5) is 4.83. The number of fused-ring (bicyclic) bond motifs is 1. The predicted octanol–water partition coefficient (Wildman–Crippen LogP) is 3.39. The number of pyridine rings is 1. The van der Waals surface area contributed by atoms with Crippen LogP contribution in [0, 0.1) is 6.92 Å². The van der Waals surface area contributed by atoms with Crippen molar-refractivity contribution in [2.45, 2.75) is 24.3 Å². The van der Waals surface area contributed by atoms with Crippen LogP contribution in [0.4, 0.5) is 0 Å². The van der Waals surface area contributed by atoms with Crippen LogP contribution in [0.15, 0.2) is 65.6 Å². The highest BCUT2D eigenvalue weighted by molar-refractivity contribution is 7.89. The molecule has 0 N–H and O–H groups in total. The van der Waals surface area contributed by atoms with Gasteiger partial charge in [0, 0.05) is 18.0 Å². The molecule has 0 radical (unpaired) electrons. The van der Waals surface area contributed by atoms with Crippen LogP contribution < -0.4 is 4.74 Å². The molecule has 1 aromatic heterocycles. The Balaban J connectivity index is 1.48. The zero-order valence-electron chi connectivity index (χ0n) is 14.5. The molecule has 2 aromatic carbocycles. The molecule has 1 atom stereocenters. The molecule has 2 heterocycles. The van der Waals surface area contributed by atoms with Crippen LogP contribution in [0.2, 0.25) is 0 Å². The lowest BCUT2D eigenvalue weighted by Gasteiger charge is -2.17. The van der Waals surface area contributed by atoms with Gasteiger partial charge in [0.2, 0.25) is 15.9 Å². The normalized spacial score (nSPS) is 18.3. The van der Waals surface area contributed by atoms with E-state index >= 15 is 0 Å². The minimum absolute atomic E-state index is 0.191. The molecule has 0 saturated carbocycles. The van der Waals surface area contributed by atoms with Gasteiger partial charge in [0.05, 0.1) is 17.0 Å². The molecule has 134 valence electrons. The first-order valence-electron chi connectivity index (χ1n) is 8.62. The van der Waals surface area contributed by atoms with Gasteiger partial charge in [-0.05, 0) is 37.6 Å². The van der Waals surface area contributed by atoms with E-state index in [0.29, 0.717) is 30.3 Å². The molecule has 1 saturated heterocycles. The van der Waals surface area contributed by atoms with E-state index in [9.17, 15) is 8.42 Å². The first-order chi connectivity index (χ1) is 12.5. The molecular formula is C20H20N2O3S. The summed E-state index contributed by atoms with van der Waals surface area (Å²) < 4.78 is 33.0. The smallest absolute Gasteiger partial charge is 0.243 e. The number of sulfonamides is 1. The zero-order valence-corrected chi connectivity index (χ0v) is 15.3. The van der Waals surface area contributed by atoms with Crippen molar-refractivity contribution in [1.29, 1.82) is 0 Å². The van der Waals surface area contributed by atoms with Crippen LogP contribution in [0.25, 0.3) is 10.9 Å². The second-order valence-electron chi connectivity index (χ2n) is 6.55. The van der Waals surface area contributed by atoms with Crippen molar-refractivity contribution in [1.82, 2.24) is 9.29 Å². The lowest BCUT2D eigenvalue weighted by molar-refractivity contribution is 0.207. The van der Waals surface area contributed by atoms with Gasteiger partial charge in [-0.2, -0.15) is 4.31 Å². The zero-order chi connectivity index (χ0) is 18.1. The third-order valence-electron chi connectivity index (χ3n) is 4.63. The summed E-state index contributed by atoms with van der Waals surface area (Å²) in [6, 6.07) is 18.6. The highest BCUT2D eigenvalue weighted by Crippen LogP contribution is 2.24. The van der Waals surface area contributed by atoms with Gasteiger partial charge < -0.3 is 4.74 Å². The van der Waals surface area contributed by atoms with Gasteiger partial charge in [0.15, 0.2) is 0 Å². The summed E-state index contributed by atoms with van der Waals surface area (Å²) in [6.45, 7) is 2.73. The van der Waals surface area contributed by atoms with E-state index in [-0.39, 0.29) is 6.10 Å². The Morgan fingerprint density at radius 3 is 2.62 bits per heavy atom. The van der Waals surface area contributed by atoms with Gasteiger partial charge in [-0.3, -0.25) is 0 Å². The van der Waals surface area contributed by atoms with E-state index in [1.54, 1.807) is 12.1 Å². The summed E-state index contributed by atoms with van der Waals surface area (Å²) in [5, 5.41) is 1.05. The van der Waals surface area contributed by atoms with Gasteiger partial charge >= 0.3 is 0 Å². The number of nitrogens with zero attached hydrogens (tertiary/aromatic N) is 2.